The first kappa shape index (κ1) is 28.3. The summed E-state index contributed by atoms with van der Waals surface area (Å²) in [6.45, 7) is 2.23. The van der Waals surface area contributed by atoms with Gasteiger partial charge in [-0.25, -0.2) is 0 Å². The van der Waals surface area contributed by atoms with Crippen LogP contribution in [-0.4, -0.2) is 61.9 Å². The van der Waals surface area contributed by atoms with Crippen molar-refractivity contribution in [3.63, 3.8) is 0 Å². The molecular formula is C20H26Cl2N2O6S2. The molecule has 0 unspecified atom stereocenters. The van der Waals surface area contributed by atoms with Gasteiger partial charge in [-0.3, -0.25) is 13.4 Å². The quantitative estimate of drug-likeness (QED) is 0.326. The molecule has 0 radical (unpaired) electrons. The number of hydrogen-bond acceptors (Lipinski definition) is 8. The highest BCUT2D eigenvalue weighted by atomic mass is 35.5. The van der Waals surface area contributed by atoms with Gasteiger partial charge in [0.05, 0.1) is 31.4 Å². The van der Waals surface area contributed by atoms with E-state index in [4.69, 9.17) is 20.0 Å². The number of rotatable bonds is 11. The number of aliphatic imine (C=N–C) groups is 1. The summed E-state index contributed by atoms with van der Waals surface area (Å²) in [6, 6.07) is 12.8. The summed E-state index contributed by atoms with van der Waals surface area (Å²) in [4.78, 5) is 6.22. The SMILES string of the molecule is Cc1cc(N(CCOS(C)(=O)=O)CCOS(C)(=O)=O)ccc1C=Nc1cccc(Cl)c1.Cl. The van der Waals surface area contributed by atoms with E-state index < -0.39 is 20.2 Å². The summed E-state index contributed by atoms with van der Waals surface area (Å²) in [6.07, 6.45) is 3.68. The second-order valence-electron chi connectivity index (χ2n) is 6.82. The number of benzene rings is 2. The predicted molar refractivity (Wildman–Crippen MR) is 131 cm³/mol. The number of aryl methyl sites for hydroxylation is 1. The van der Waals surface area contributed by atoms with Crippen molar-refractivity contribution in [3.8, 4) is 0 Å². The van der Waals surface area contributed by atoms with Crippen molar-refractivity contribution in [1.82, 2.24) is 0 Å². The minimum atomic E-state index is -3.58. The molecule has 0 N–H and O–H groups in total. The molecule has 0 saturated heterocycles. The van der Waals surface area contributed by atoms with Crippen molar-refractivity contribution in [2.24, 2.45) is 4.99 Å². The lowest BCUT2D eigenvalue weighted by Gasteiger charge is -2.25. The lowest BCUT2D eigenvalue weighted by atomic mass is 10.1. The largest absolute Gasteiger partial charge is 0.367 e. The number of hydrogen-bond donors (Lipinski definition) is 0. The first-order valence-electron chi connectivity index (χ1n) is 9.27. The van der Waals surface area contributed by atoms with Crippen LogP contribution in [0, 0.1) is 6.92 Å². The van der Waals surface area contributed by atoms with E-state index in [-0.39, 0.29) is 38.7 Å². The van der Waals surface area contributed by atoms with Gasteiger partial charge in [0.15, 0.2) is 0 Å². The molecule has 0 saturated carbocycles. The maximum absolute atomic E-state index is 11.2. The number of halogens is 2. The van der Waals surface area contributed by atoms with Crippen LogP contribution >= 0.6 is 24.0 Å². The van der Waals surface area contributed by atoms with Gasteiger partial charge in [-0.15, -0.1) is 12.4 Å². The fourth-order valence-electron chi connectivity index (χ4n) is 2.67. The van der Waals surface area contributed by atoms with E-state index in [2.05, 4.69) is 4.99 Å². The average Bonchev–Trinajstić information content (AvgIpc) is 2.64. The molecule has 2 rings (SSSR count). The van der Waals surface area contributed by atoms with Gasteiger partial charge in [0, 0.05) is 30.0 Å². The Morgan fingerprint density at radius 3 is 2.06 bits per heavy atom. The molecule has 2 aromatic rings. The molecule has 2 aromatic carbocycles. The van der Waals surface area contributed by atoms with Gasteiger partial charge in [-0.05, 0) is 48.4 Å². The minimum absolute atomic E-state index is 0. The van der Waals surface area contributed by atoms with Crippen molar-refractivity contribution >= 4 is 61.8 Å². The zero-order valence-electron chi connectivity index (χ0n) is 17.9. The molecule has 0 atom stereocenters. The second-order valence-corrected chi connectivity index (χ2v) is 10.5. The topological polar surface area (TPSA) is 102 Å². The van der Waals surface area contributed by atoms with Gasteiger partial charge in [0.2, 0.25) is 0 Å². The molecule has 0 aliphatic carbocycles. The zero-order chi connectivity index (χ0) is 23.1. The van der Waals surface area contributed by atoms with Gasteiger partial charge in [0.25, 0.3) is 20.2 Å². The third kappa shape index (κ3) is 10.8. The van der Waals surface area contributed by atoms with Crippen LogP contribution in [0.25, 0.3) is 0 Å². The second kappa shape index (κ2) is 12.5. The number of anilines is 1. The lowest BCUT2D eigenvalue weighted by Crippen LogP contribution is -2.32. The third-order valence-electron chi connectivity index (χ3n) is 4.10. The maximum atomic E-state index is 11.2. The Bertz CT molecular complexity index is 1100. The molecule has 0 aromatic heterocycles. The molecule has 0 bridgehead atoms. The fraction of sp³-hybridized carbons (Fsp3) is 0.350. The Morgan fingerprint density at radius 1 is 0.969 bits per heavy atom. The van der Waals surface area contributed by atoms with E-state index in [0.717, 1.165) is 35.0 Å². The van der Waals surface area contributed by atoms with E-state index in [9.17, 15) is 16.8 Å². The van der Waals surface area contributed by atoms with Gasteiger partial charge in [-0.1, -0.05) is 23.7 Å². The molecule has 12 heteroatoms. The normalized spacial score (nSPS) is 12.0. The first-order chi connectivity index (χ1) is 14.4. The maximum Gasteiger partial charge on any atom is 0.264 e. The monoisotopic (exact) mass is 524 g/mol. The van der Waals surface area contributed by atoms with Gasteiger partial charge >= 0.3 is 0 Å². The molecule has 0 heterocycles. The molecule has 0 aliphatic rings. The fourth-order valence-corrected chi connectivity index (χ4v) is 3.61. The smallest absolute Gasteiger partial charge is 0.264 e. The highest BCUT2D eigenvalue weighted by Gasteiger charge is 2.12. The van der Waals surface area contributed by atoms with Crippen LogP contribution in [0.2, 0.25) is 5.02 Å². The highest BCUT2D eigenvalue weighted by molar-refractivity contribution is 7.86. The first-order valence-corrected chi connectivity index (χ1v) is 13.3. The summed E-state index contributed by atoms with van der Waals surface area (Å²) >= 11 is 5.98. The average molecular weight is 525 g/mol. The standard InChI is InChI=1S/C20H25ClN2O6S2.ClH/c1-16-13-20(8-7-17(16)15-22-19-6-4-5-18(21)14-19)23(9-11-28-30(2,24)25)10-12-29-31(3,26)27;/h4-8,13-15H,9-12H2,1-3H3;1H. The van der Waals surface area contributed by atoms with Gasteiger partial charge in [-0.2, -0.15) is 16.8 Å². The van der Waals surface area contributed by atoms with Crippen LogP contribution in [0.3, 0.4) is 0 Å². The van der Waals surface area contributed by atoms with E-state index in [0.29, 0.717) is 5.02 Å². The van der Waals surface area contributed by atoms with Crippen LogP contribution in [0.4, 0.5) is 11.4 Å². The molecule has 0 amide bonds. The Kier molecular flexibility index (Phi) is 11.1. The molecule has 0 fully saturated rings. The zero-order valence-corrected chi connectivity index (χ0v) is 21.1. The number of nitrogens with zero attached hydrogens (tertiary/aromatic N) is 2. The third-order valence-corrected chi connectivity index (χ3v) is 5.52. The Hall–Kier alpha value is -1.69. The van der Waals surface area contributed by atoms with Crippen molar-refractivity contribution in [1.29, 1.82) is 0 Å². The molecule has 8 nitrogen and oxygen atoms in total. The highest BCUT2D eigenvalue weighted by Crippen LogP contribution is 2.21. The summed E-state index contributed by atoms with van der Waals surface area (Å²) in [5, 5.41) is 0.602. The summed E-state index contributed by atoms with van der Waals surface area (Å²) in [7, 11) is -7.16. The van der Waals surface area contributed by atoms with E-state index in [1.165, 1.54) is 0 Å². The summed E-state index contributed by atoms with van der Waals surface area (Å²) < 4.78 is 54.6. The van der Waals surface area contributed by atoms with Crippen LogP contribution in [0.1, 0.15) is 11.1 Å². The van der Waals surface area contributed by atoms with Crippen LogP contribution in [-0.2, 0) is 28.6 Å². The van der Waals surface area contributed by atoms with E-state index in [1.807, 2.05) is 37.3 Å². The van der Waals surface area contributed by atoms with Gasteiger partial charge < -0.3 is 4.90 Å². The van der Waals surface area contributed by atoms with Crippen molar-refractivity contribution in [3.05, 3.63) is 58.6 Å². The summed E-state index contributed by atoms with van der Waals surface area (Å²) in [5.74, 6) is 0. The van der Waals surface area contributed by atoms with Crippen molar-refractivity contribution < 1.29 is 25.2 Å². The molecular weight excluding hydrogens is 499 g/mol. The molecule has 32 heavy (non-hydrogen) atoms. The summed E-state index contributed by atoms with van der Waals surface area (Å²) in [5.41, 5.74) is 3.32. The van der Waals surface area contributed by atoms with E-state index >= 15 is 0 Å². The predicted octanol–water partition coefficient (Wildman–Crippen LogP) is 3.58. The Labute approximate surface area is 200 Å². The van der Waals surface area contributed by atoms with Crippen molar-refractivity contribution in [2.45, 2.75) is 6.92 Å². The van der Waals surface area contributed by atoms with Crippen LogP contribution in [0.15, 0.2) is 47.5 Å². The molecule has 178 valence electrons. The van der Waals surface area contributed by atoms with Gasteiger partial charge in [0.1, 0.15) is 0 Å². The minimum Gasteiger partial charge on any atom is -0.367 e. The molecule has 0 aliphatic heterocycles. The van der Waals surface area contributed by atoms with Crippen molar-refractivity contribution in [2.75, 3.05) is 43.7 Å². The lowest BCUT2D eigenvalue weighted by molar-refractivity contribution is 0.309. The van der Waals surface area contributed by atoms with Crippen LogP contribution < -0.4 is 4.90 Å². The Balaban J connectivity index is 0.00000512. The van der Waals surface area contributed by atoms with Crippen LogP contribution in [0.5, 0.6) is 0 Å². The Morgan fingerprint density at radius 2 is 1.56 bits per heavy atom. The molecule has 0 spiro atoms. The van der Waals surface area contributed by atoms with E-state index in [1.54, 1.807) is 23.2 Å².